The van der Waals surface area contributed by atoms with Gasteiger partial charge in [0.05, 0.1) is 13.2 Å². The fourth-order valence-electron chi connectivity index (χ4n) is 8.12. The van der Waals surface area contributed by atoms with Crippen molar-refractivity contribution in [3.05, 3.63) is 0 Å². The van der Waals surface area contributed by atoms with Gasteiger partial charge in [-0.05, 0) is 67.1 Å². The normalized spacial score (nSPS) is 54.2. The van der Waals surface area contributed by atoms with Crippen molar-refractivity contribution in [3.63, 3.8) is 0 Å². The van der Waals surface area contributed by atoms with Crippen molar-refractivity contribution < 1.29 is 14.3 Å². The molecular weight excluding hydrogens is 312 g/mol. The lowest BCUT2D eigenvalue weighted by molar-refractivity contribution is -0.256. The van der Waals surface area contributed by atoms with Crippen molar-refractivity contribution in [1.82, 2.24) is 0 Å². The van der Waals surface area contributed by atoms with Crippen LogP contribution < -0.4 is 0 Å². The van der Waals surface area contributed by atoms with Gasteiger partial charge in [-0.1, -0.05) is 20.8 Å². The van der Waals surface area contributed by atoms with Crippen molar-refractivity contribution in [1.29, 1.82) is 0 Å². The third-order valence-electron chi connectivity index (χ3n) is 9.87. The highest BCUT2D eigenvalue weighted by atomic mass is 16.7. The first kappa shape index (κ1) is 16.7. The van der Waals surface area contributed by atoms with Crippen LogP contribution in [0.15, 0.2) is 0 Å². The number of ketones is 1. The lowest BCUT2D eigenvalue weighted by atomic mass is 9.40. The average molecular weight is 347 g/mol. The molecule has 0 bridgehead atoms. The minimum absolute atomic E-state index is 0.00116. The Morgan fingerprint density at radius 3 is 2.40 bits per heavy atom. The summed E-state index contributed by atoms with van der Waals surface area (Å²) in [6, 6.07) is 0. The van der Waals surface area contributed by atoms with Crippen LogP contribution >= 0.6 is 0 Å². The summed E-state index contributed by atoms with van der Waals surface area (Å²) in [5.41, 5.74) is 0.690. The highest BCUT2D eigenvalue weighted by molar-refractivity contribution is 5.87. The summed E-state index contributed by atoms with van der Waals surface area (Å²) in [6.07, 6.45) is 10.3. The van der Waals surface area contributed by atoms with Gasteiger partial charge in [0.25, 0.3) is 0 Å². The third kappa shape index (κ3) is 2.03. The van der Waals surface area contributed by atoms with Gasteiger partial charge in [-0.3, -0.25) is 4.79 Å². The summed E-state index contributed by atoms with van der Waals surface area (Å²) in [7, 11) is 0. The molecule has 5 unspecified atom stereocenters. The Kier molecular flexibility index (Phi) is 3.41. The van der Waals surface area contributed by atoms with Crippen LogP contribution in [0.5, 0.6) is 0 Å². The maximum absolute atomic E-state index is 12.6. The topological polar surface area (TPSA) is 35.5 Å². The minimum atomic E-state index is -0.284. The smallest absolute Gasteiger partial charge is 0.169 e. The van der Waals surface area contributed by atoms with E-state index in [-0.39, 0.29) is 11.2 Å². The average Bonchev–Trinajstić information content (AvgIpc) is 3.14. The zero-order chi connectivity index (χ0) is 17.5. The molecule has 3 heteroatoms. The number of Topliss-reactive ketones (excluding diaryl/α,β-unsaturated/α-hetero) is 1. The molecule has 25 heavy (non-hydrogen) atoms. The number of ether oxygens (including phenoxy) is 2. The molecule has 4 saturated carbocycles. The molecule has 5 fully saturated rings. The van der Waals surface area contributed by atoms with Gasteiger partial charge in [0.1, 0.15) is 5.78 Å². The first-order chi connectivity index (χ1) is 11.8. The Balaban J connectivity index is 1.46. The maximum Gasteiger partial charge on any atom is 0.169 e. The van der Waals surface area contributed by atoms with Crippen LogP contribution in [0.2, 0.25) is 0 Å². The van der Waals surface area contributed by atoms with Gasteiger partial charge in [0.2, 0.25) is 0 Å². The first-order valence-electron chi connectivity index (χ1n) is 10.6. The number of carbonyl (C=O) groups excluding carboxylic acids is 1. The Morgan fingerprint density at radius 1 is 0.880 bits per heavy atom. The summed E-state index contributed by atoms with van der Waals surface area (Å²) in [4.78, 5) is 12.6. The van der Waals surface area contributed by atoms with E-state index in [1.54, 1.807) is 0 Å². The molecule has 1 aliphatic heterocycles. The number of hydrogen-bond acceptors (Lipinski definition) is 3. The second-order valence-corrected chi connectivity index (χ2v) is 10.6. The van der Waals surface area contributed by atoms with Crippen LogP contribution in [0.3, 0.4) is 0 Å². The van der Waals surface area contributed by atoms with E-state index in [1.807, 2.05) is 0 Å². The summed E-state index contributed by atoms with van der Waals surface area (Å²) >= 11 is 0. The van der Waals surface area contributed by atoms with E-state index in [1.165, 1.54) is 25.7 Å². The molecule has 4 aliphatic carbocycles. The molecule has 3 nitrogen and oxygen atoms in total. The van der Waals surface area contributed by atoms with Crippen LogP contribution in [0.25, 0.3) is 0 Å². The fraction of sp³-hybridized carbons (Fsp3) is 0.955. The number of carbonyl (C=O) groups is 1. The van der Waals surface area contributed by atoms with Gasteiger partial charge in [0.15, 0.2) is 5.79 Å². The van der Waals surface area contributed by atoms with E-state index < -0.39 is 0 Å². The standard InChI is InChI=1S/C22H34O3/c1-19-8-6-15-16-4-5-18(23)20(16,2)9-7-17(15)21(19,3)10-11-22(14-19)24-12-13-25-22/h15-17H,4-14H2,1-3H3/t15?,16?,17?,19-,20?,21?/m0/s1. The first-order valence-corrected chi connectivity index (χ1v) is 10.6. The lowest BCUT2D eigenvalue weighted by Crippen LogP contribution is -2.60. The zero-order valence-corrected chi connectivity index (χ0v) is 16.2. The van der Waals surface area contributed by atoms with Crippen LogP contribution in [-0.4, -0.2) is 24.8 Å². The highest BCUT2D eigenvalue weighted by Crippen LogP contribution is 2.70. The van der Waals surface area contributed by atoms with Crippen molar-refractivity contribution in [3.8, 4) is 0 Å². The molecule has 5 aliphatic rings. The summed E-state index contributed by atoms with van der Waals surface area (Å²) < 4.78 is 12.2. The Morgan fingerprint density at radius 2 is 1.64 bits per heavy atom. The van der Waals surface area contributed by atoms with E-state index in [0.29, 0.717) is 22.5 Å². The van der Waals surface area contributed by atoms with E-state index in [9.17, 15) is 4.79 Å². The highest BCUT2D eigenvalue weighted by Gasteiger charge is 2.65. The zero-order valence-electron chi connectivity index (χ0n) is 16.2. The predicted molar refractivity (Wildman–Crippen MR) is 96.0 cm³/mol. The van der Waals surface area contributed by atoms with Crippen LogP contribution in [0.1, 0.15) is 78.6 Å². The molecule has 0 aromatic carbocycles. The van der Waals surface area contributed by atoms with Gasteiger partial charge in [-0.2, -0.15) is 0 Å². The van der Waals surface area contributed by atoms with Gasteiger partial charge in [-0.25, -0.2) is 0 Å². The van der Waals surface area contributed by atoms with Gasteiger partial charge >= 0.3 is 0 Å². The van der Waals surface area contributed by atoms with Crippen molar-refractivity contribution in [2.75, 3.05) is 13.2 Å². The summed E-state index contributed by atoms with van der Waals surface area (Å²) in [5, 5.41) is 0. The fourth-order valence-corrected chi connectivity index (χ4v) is 8.12. The molecule has 0 radical (unpaired) electrons. The van der Waals surface area contributed by atoms with Crippen molar-refractivity contribution in [2.45, 2.75) is 84.3 Å². The predicted octanol–water partition coefficient (Wildman–Crippen LogP) is 4.73. The quantitative estimate of drug-likeness (QED) is 0.636. The van der Waals surface area contributed by atoms with Crippen LogP contribution in [-0.2, 0) is 14.3 Å². The van der Waals surface area contributed by atoms with Crippen molar-refractivity contribution >= 4 is 5.78 Å². The molecule has 5 rings (SSSR count). The van der Waals surface area contributed by atoms with Gasteiger partial charge in [-0.15, -0.1) is 0 Å². The molecular formula is C22H34O3. The Bertz CT molecular complexity index is 594. The number of hydrogen-bond donors (Lipinski definition) is 0. The molecule has 6 atom stereocenters. The summed E-state index contributed by atoms with van der Waals surface area (Å²) in [5.74, 6) is 2.48. The molecule has 0 aromatic rings. The molecule has 0 amide bonds. The van der Waals surface area contributed by atoms with Crippen LogP contribution in [0, 0.1) is 34.0 Å². The second-order valence-electron chi connectivity index (χ2n) is 10.6. The molecule has 0 N–H and O–H groups in total. The molecule has 1 spiro atoms. The molecule has 1 heterocycles. The number of rotatable bonds is 0. The Hall–Kier alpha value is -0.410. The second kappa shape index (κ2) is 5.10. The van der Waals surface area contributed by atoms with E-state index in [4.69, 9.17) is 9.47 Å². The molecule has 1 saturated heterocycles. The monoisotopic (exact) mass is 346 g/mol. The lowest BCUT2D eigenvalue weighted by Gasteiger charge is -2.65. The Labute approximate surface area is 152 Å². The van der Waals surface area contributed by atoms with E-state index in [2.05, 4.69) is 20.8 Å². The number of fused-ring (bicyclic) bond motifs is 5. The summed E-state index contributed by atoms with van der Waals surface area (Å²) in [6.45, 7) is 8.91. The third-order valence-corrected chi connectivity index (χ3v) is 9.87. The maximum atomic E-state index is 12.6. The van der Waals surface area contributed by atoms with Gasteiger partial charge < -0.3 is 9.47 Å². The van der Waals surface area contributed by atoms with Gasteiger partial charge in [0, 0.05) is 24.7 Å². The van der Waals surface area contributed by atoms with Crippen molar-refractivity contribution in [2.24, 2.45) is 34.0 Å². The van der Waals surface area contributed by atoms with E-state index >= 15 is 0 Å². The van der Waals surface area contributed by atoms with E-state index in [0.717, 1.165) is 57.2 Å². The van der Waals surface area contributed by atoms with Crippen LogP contribution in [0.4, 0.5) is 0 Å². The molecule has 140 valence electrons. The largest absolute Gasteiger partial charge is 0.348 e. The molecule has 0 aromatic heterocycles. The SMILES string of the molecule is CC12CCC3C(CC[C@@]4(C)CC5(CCC34C)OCCO5)C1CCC2=O. The minimum Gasteiger partial charge on any atom is -0.348 e.